The molecule has 1 aliphatic carbocycles. The molecule has 2 heterocycles. The van der Waals surface area contributed by atoms with Crippen LogP contribution in [0.3, 0.4) is 0 Å². The number of nitrogens with zero attached hydrogens (tertiary/aromatic N) is 3. The van der Waals surface area contributed by atoms with E-state index in [0.29, 0.717) is 5.82 Å². The van der Waals surface area contributed by atoms with Crippen molar-refractivity contribution in [2.24, 2.45) is 0 Å². The largest absolute Gasteiger partial charge is 0.256 e. The van der Waals surface area contributed by atoms with Crippen molar-refractivity contribution < 1.29 is 0 Å². The molecule has 2 aromatic heterocycles. The third kappa shape index (κ3) is 4.94. The van der Waals surface area contributed by atoms with E-state index in [1.54, 1.807) is 0 Å². The normalized spacial score (nSPS) is 12.9. The first-order valence-corrected chi connectivity index (χ1v) is 16.8. The van der Waals surface area contributed by atoms with Gasteiger partial charge in [-0.1, -0.05) is 153 Å². The molecule has 8 aromatic rings. The van der Waals surface area contributed by atoms with Gasteiger partial charge in [0.2, 0.25) is 0 Å². The Balaban J connectivity index is 1.13. The van der Waals surface area contributed by atoms with E-state index in [4.69, 9.17) is 9.97 Å². The van der Waals surface area contributed by atoms with E-state index in [2.05, 4.69) is 140 Å². The van der Waals surface area contributed by atoms with Crippen molar-refractivity contribution in [3.63, 3.8) is 0 Å². The number of fused-ring (bicyclic) bond motifs is 5. The molecule has 0 amide bonds. The molecule has 0 atom stereocenters. The quantitative estimate of drug-likeness (QED) is 0.191. The molecule has 3 nitrogen and oxygen atoms in total. The van der Waals surface area contributed by atoms with Gasteiger partial charge in [0.05, 0.1) is 17.1 Å². The molecular formula is C46H33N3. The summed E-state index contributed by atoms with van der Waals surface area (Å²) < 4.78 is 0. The Bertz CT molecular complexity index is 2480. The van der Waals surface area contributed by atoms with E-state index in [-0.39, 0.29) is 5.41 Å². The Labute approximate surface area is 286 Å². The predicted molar refractivity (Wildman–Crippen MR) is 202 cm³/mol. The maximum absolute atomic E-state index is 5.11. The summed E-state index contributed by atoms with van der Waals surface area (Å²) in [5.74, 6) is 0.694. The minimum atomic E-state index is -0.0948. The topological polar surface area (TPSA) is 38.7 Å². The lowest BCUT2D eigenvalue weighted by atomic mass is 9.80. The standard InChI is InChI=1S/C46H33N3/c1-46(2)39-16-10-15-36(43(39)38-27-26-30-11-6-7-14-37(30)44(38)46)31-18-20-34(21-19-31)42-29-41(32-12-4-3-5-13-32)48-45(49-42)35-24-22-33(23-25-35)40-17-8-9-28-47-40/h3-29H,1-2H3. The highest BCUT2D eigenvalue weighted by atomic mass is 14.9. The third-order valence-electron chi connectivity index (χ3n) is 9.95. The van der Waals surface area contributed by atoms with E-state index in [0.717, 1.165) is 39.3 Å². The summed E-state index contributed by atoms with van der Waals surface area (Å²) >= 11 is 0. The summed E-state index contributed by atoms with van der Waals surface area (Å²) in [6.07, 6.45) is 1.82. The molecule has 0 unspecified atom stereocenters. The molecule has 49 heavy (non-hydrogen) atoms. The van der Waals surface area contributed by atoms with Crippen molar-refractivity contribution in [3.8, 4) is 67.4 Å². The lowest BCUT2D eigenvalue weighted by molar-refractivity contribution is 0.666. The fraction of sp³-hybridized carbons (Fsp3) is 0.0652. The SMILES string of the molecule is CC1(C)c2cccc(-c3ccc(-c4cc(-c5ccccc5)nc(-c5ccc(-c6ccccn6)cc5)n4)cc3)c2-c2ccc3ccccc3c21. The average Bonchev–Trinajstić information content (AvgIpc) is 3.42. The van der Waals surface area contributed by atoms with Crippen LogP contribution in [-0.4, -0.2) is 15.0 Å². The number of pyridine rings is 1. The molecule has 0 saturated carbocycles. The van der Waals surface area contributed by atoms with E-state index in [9.17, 15) is 0 Å². The van der Waals surface area contributed by atoms with Crippen LogP contribution in [0.1, 0.15) is 25.0 Å². The molecule has 0 bridgehead atoms. The van der Waals surface area contributed by atoms with E-state index in [1.165, 1.54) is 44.2 Å². The van der Waals surface area contributed by atoms with Crippen LogP contribution >= 0.6 is 0 Å². The first kappa shape index (κ1) is 29.0. The van der Waals surface area contributed by atoms with Crippen LogP contribution in [0.5, 0.6) is 0 Å². The first-order valence-electron chi connectivity index (χ1n) is 16.8. The minimum absolute atomic E-state index is 0.0948. The van der Waals surface area contributed by atoms with Crippen molar-refractivity contribution >= 4 is 10.8 Å². The highest BCUT2D eigenvalue weighted by Crippen LogP contribution is 2.54. The second-order valence-corrected chi connectivity index (χ2v) is 13.3. The maximum atomic E-state index is 5.11. The smallest absolute Gasteiger partial charge is 0.160 e. The Morgan fingerprint density at radius 2 is 1.08 bits per heavy atom. The Hall–Kier alpha value is -6.19. The van der Waals surface area contributed by atoms with Crippen LogP contribution in [0.2, 0.25) is 0 Å². The third-order valence-corrected chi connectivity index (χ3v) is 9.95. The summed E-state index contributed by atoms with van der Waals surface area (Å²) in [7, 11) is 0. The summed E-state index contributed by atoms with van der Waals surface area (Å²) in [4.78, 5) is 14.7. The van der Waals surface area contributed by atoms with Gasteiger partial charge in [-0.3, -0.25) is 4.98 Å². The first-order chi connectivity index (χ1) is 24.0. The number of rotatable bonds is 5. The van der Waals surface area contributed by atoms with Gasteiger partial charge in [-0.2, -0.15) is 0 Å². The molecule has 0 radical (unpaired) electrons. The fourth-order valence-corrected chi connectivity index (χ4v) is 7.52. The van der Waals surface area contributed by atoms with Gasteiger partial charge in [0.1, 0.15) is 0 Å². The van der Waals surface area contributed by atoms with Gasteiger partial charge in [0.15, 0.2) is 5.82 Å². The van der Waals surface area contributed by atoms with Crippen molar-refractivity contribution in [1.82, 2.24) is 15.0 Å². The predicted octanol–water partition coefficient (Wildman–Crippen LogP) is 11.7. The highest BCUT2D eigenvalue weighted by molar-refractivity contribution is 6.01. The minimum Gasteiger partial charge on any atom is -0.256 e. The molecule has 1 aliphatic rings. The second-order valence-electron chi connectivity index (χ2n) is 13.3. The van der Waals surface area contributed by atoms with Crippen LogP contribution < -0.4 is 0 Å². The Morgan fingerprint density at radius 3 is 1.82 bits per heavy atom. The van der Waals surface area contributed by atoms with Crippen molar-refractivity contribution in [2.45, 2.75) is 19.3 Å². The van der Waals surface area contributed by atoms with E-state index >= 15 is 0 Å². The number of hydrogen-bond acceptors (Lipinski definition) is 3. The van der Waals surface area contributed by atoms with Gasteiger partial charge in [-0.15, -0.1) is 0 Å². The van der Waals surface area contributed by atoms with Gasteiger partial charge in [-0.05, 0) is 62.4 Å². The molecule has 0 aliphatic heterocycles. The summed E-state index contributed by atoms with van der Waals surface area (Å²) in [6, 6.07) is 55.7. The Morgan fingerprint density at radius 1 is 0.449 bits per heavy atom. The van der Waals surface area contributed by atoms with Crippen LogP contribution in [0, 0.1) is 0 Å². The molecule has 9 rings (SSSR count). The summed E-state index contributed by atoms with van der Waals surface area (Å²) in [6.45, 7) is 4.72. The van der Waals surface area contributed by atoms with Crippen molar-refractivity contribution in [3.05, 3.63) is 175 Å². The van der Waals surface area contributed by atoms with Crippen molar-refractivity contribution in [1.29, 1.82) is 0 Å². The van der Waals surface area contributed by atoms with E-state index in [1.807, 2.05) is 42.6 Å². The van der Waals surface area contributed by atoms with E-state index < -0.39 is 0 Å². The van der Waals surface area contributed by atoms with Gasteiger partial charge < -0.3 is 0 Å². The zero-order valence-electron chi connectivity index (χ0n) is 27.4. The van der Waals surface area contributed by atoms with Crippen LogP contribution in [0.25, 0.3) is 78.2 Å². The lowest BCUT2D eigenvalue weighted by Crippen LogP contribution is -2.15. The fourth-order valence-electron chi connectivity index (χ4n) is 7.52. The van der Waals surface area contributed by atoms with Crippen LogP contribution in [-0.2, 0) is 5.41 Å². The van der Waals surface area contributed by atoms with Gasteiger partial charge in [0, 0.05) is 33.9 Å². The Kier molecular flexibility index (Phi) is 6.80. The number of benzene rings is 6. The molecule has 0 N–H and O–H groups in total. The second kappa shape index (κ2) is 11.5. The maximum Gasteiger partial charge on any atom is 0.160 e. The molecular weight excluding hydrogens is 595 g/mol. The number of aromatic nitrogens is 3. The highest BCUT2D eigenvalue weighted by Gasteiger charge is 2.38. The zero-order chi connectivity index (χ0) is 33.0. The molecule has 3 heteroatoms. The van der Waals surface area contributed by atoms with Gasteiger partial charge in [0.25, 0.3) is 0 Å². The summed E-state index contributed by atoms with van der Waals surface area (Å²) in [5.41, 5.74) is 14.7. The van der Waals surface area contributed by atoms with Gasteiger partial charge in [-0.25, -0.2) is 9.97 Å². The monoisotopic (exact) mass is 627 g/mol. The molecule has 6 aromatic carbocycles. The summed E-state index contributed by atoms with van der Waals surface area (Å²) in [5, 5.41) is 2.62. The molecule has 0 saturated heterocycles. The lowest BCUT2D eigenvalue weighted by Gasteiger charge is -2.23. The van der Waals surface area contributed by atoms with Gasteiger partial charge >= 0.3 is 0 Å². The van der Waals surface area contributed by atoms with Crippen LogP contribution in [0.4, 0.5) is 0 Å². The average molecular weight is 628 g/mol. The zero-order valence-corrected chi connectivity index (χ0v) is 27.4. The molecule has 0 fully saturated rings. The van der Waals surface area contributed by atoms with Crippen molar-refractivity contribution in [2.75, 3.05) is 0 Å². The van der Waals surface area contributed by atoms with Crippen LogP contribution in [0.15, 0.2) is 164 Å². The molecule has 0 spiro atoms. The molecule has 232 valence electrons. The number of hydrogen-bond donors (Lipinski definition) is 0.